The molecule has 0 radical (unpaired) electrons. The Morgan fingerprint density at radius 3 is 2.80 bits per heavy atom. The molecule has 132 valence electrons. The highest BCUT2D eigenvalue weighted by Crippen LogP contribution is 2.15. The second-order valence-corrected chi connectivity index (χ2v) is 6.70. The van der Waals surface area contributed by atoms with Crippen LogP contribution in [0.5, 0.6) is 5.75 Å². The van der Waals surface area contributed by atoms with E-state index >= 15 is 0 Å². The van der Waals surface area contributed by atoms with Gasteiger partial charge in [0.05, 0.1) is 13.2 Å². The van der Waals surface area contributed by atoms with Gasteiger partial charge in [0.1, 0.15) is 23.7 Å². The van der Waals surface area contributed by atoms with Gasteiger partial charge in [-0.3, -0.25) is 20.3 Å². The number of halogens is 1. The fourth-order valence-corrected chi connectivity index (χ4v) is 2.99. The summed E-state index contributed by atoms with van der Waals surface area (Å²) >= 11 is 3.38. The van der Waals surface area contributed by atoms with E-state index in [9.17, 15) is 0 Å². The normalized spacial score (nSPS) is 15.1. The van der Waals surface area contributed by atoms with Gasteiger partial charge in [0.2, 0.25) is 0 Å². The number of nitrogens with one attached hydrogen (secondary N) is 2. The first kappa shape index (κ1) is 17.8. The smallest absolute Gasteiger partial charge is 0.138 e. The van der Waals surface area contributed by atoms with Crippen LogP contribution in [0.3, 0.4) is 0 Å². The second-order valence-electron chi connectivity index (χ2n) is 5.78. The van der Waals surface area contributed by atoms with Crippen molar-refractivity contribution in [1.82, 2.24) is 9.47 Å². The van der Waals surface area contributed by atoms with Gasteiger partial charge in [-0.25, -0.2) is 0 Å². The summed E-state index contributed by atoms with van der Waals surface area (Å²) in [5.74, 6) is 0.975. The Balaban J connectivity index is 1.65. The molecule has 0 bridgehead atoms. The van der Waals surface area contributed by atoms with Crippen LogP contribution < -0.4 is 10.2 Å². The van der Waals surface area contributed by atoms with Crippen molar-refractivity contribution in [2.45, 2.75) is 0 Å². The first-order valence-corrected chi connectivity index (χ1v) is 8.98. The first-order chi connectivity index (χ1) is 12.1. The van der Waals surface area contributed by atoms with E-state index < -0.39 is 0 Å². The maximum Gasteiger partial charge on any atom is 0.138 e. The summed E-state index contributed by atoms with van der Waals surface area (Å²) in [5.41, 5.74) is 0.965. The molecule has 7 heteroatoms. The topological polar surface area (TPSA) is 74.3 Å². The van der Waals surface area contributed by atoms with Gasteiger partial charge in [-0.05, 0) is 40.2 Å². The van der Waals surface area contributed by atoms with Gasteiger partial charge in [0, 0.05) is 35.9 Å². The lowest BCUT2D eigenvalue weighted by molar-refractivity contribution is 0.0322. The molecule has 2 heterocycles. The number of nitrogens with zero attached hydrogens (tertiary/aromatic N) is 2. The summed E-state index contributed by atoms with van der Waals surface area (Å²) in [6.45, 7) is 4.92. The van der Waals surface area contributed by atoms with Crippen molar-refractivity contribution in [2.75, 3.05) is 39.5 Å². The van der Waals surface area contributed by atoms with Crippen molar-refractivity contribution in [3.63, 3.8) is 0 Å². The van der Waals surface area contributed by atoms with Gasteiger partial charge < -0.3 is 9.47 Å². The molecule has 3 rings (SSSR count). The van der Waals surface area contributed by atoms with Gasteiger partial charge in [-0.1, -0.05) is 12.1 Å². The zero-order valence-corrected chi connectivity index (χ0v) is 15.5. The molecule has 1 aromatic heterocycles. The molecule has 0 atom stereocenters. The van der Waals surface area contributed by atoms with E-state index in [1.54, 1.807) is 18.3 Å². The van der Waals surface area contributed by atoms with Crippen molar-refractivity contribution >= 4 is 21.8 Å². The van der Waals surface area contributed by atoms with Crippen LogP contribution in [-0.4, -0.2) is 54.8 Å². The molecule has 2 aromatic rings. The van der Waals surface area contributed by atoms with Gasteiger partial charge in [0.25, 0.3) is 0 Å². The number of hydrogen-bond acceptors (Lipinski definition) is 5. The first-order valence-electron chi connectivity index (χ1n) is 8.18. The lowest BCUT2D eigenvalue weighted by Crippen LogP contribution is -2.38. The third-order valence-electron chi connectivity index (χ3n) is 4.04. The molecular formula is C18H21BrN4O2. The molecule has 1 aromatic carbocycles. The maximum atomic E-state index is 8.39. The average molecular weight is 405 g/mol. The Morgan fingerprint density at radius 1 is 1.20 bits per heavy atom. The van der Waals surface area contributed by atoms with Crippen LogP contribution in [0.4, 0.5) is 0 Å². The molecule has 2 N–H and O–H groups in total. The zero-order chi connectivity index (χ0) is 17.6. The Kier molecular flexibility index (Phi) is 6.01. The third kappa shape index (κ3) is 4.78. The highest BCUT2D eigenvalue weighted by molar-refractivity contribution is 9.10. The standard InChI is InChI=1S/C18H21BrN4O2/c19-15-4-5-17(20)23(13-15)18(21)14-2-1-3-16(12-14)25-11-8-22-6-9-24-10-7-22/h1-5,12-13,20-21H,6-11H2. The number of morpholine rings is 1. The van der Waals surface area contributed by atoms with E-state index in [0.717, 1.165) is 43.1 Å². The summed E-state index contributed by atoms with van der Waals surface area (Å²) in [7, 11) is 0. The van der Waals surface area contributed by atoms with Crippen LogP contribution in [-0.2, 0) is 4.74 Å². The molecule has 1 saturated heterocycles. The lowest BCUT2D eigenvalue weighted by Gasteiger charge is -2.26. The number of benzene rings is 1. The lowest BCUT2D eigenvalue weighted by atomic mass is 10.2. The van der Waals surface area contributed by atoms with Gasteiger partial charge in [0.15, 0.2) is 0 Å². The highest BCUT2D eigenvalue weighted by Gasteiger charge is 2.10. The van der Waals surface area contributed by atoms with E-state index in [-0.39, 0.29) is 11.3 Å². The zero-order valence-electron chi connectivity index (χ0n) is 13.9. The van der Waals surface area contributed by atoms with Crippen LogP contribution in [0.25, 0.3) is 0 Å². The summed E-state index contributed by atoms with van der Waals surface area (Å²) in [6, 6.07) is 10.9. The molecule has 0 unspecified atom stereocenters. The fraction of sp³-hybridized carbons (Fsp3) is 0.333. The molecule has 1 fully saturated rings. The number of rotatable bonds is 5. The molecule has 0 saturated carbocycles. The van der Waals surface area contributed by atoms with Crippen LogP contribution in [0.1, 0.15) is 5.56 Å². The van der Waals surface area contributed by atoms with Crippen molar-refractivity contribution in [3.05, 3.63) is 58.1 Å². The number of hydrogen-bond donors (Lipinski definition) is 2. The molecule has 0 aliphatic carbocycles. The van der Waals surface area contributed by atoms with E-state index in [0.29, 0.717) is 12.2 Å². The number of aromatic nitrogens is 1. The van der Waals surface area contributed by atoms with Gasteiger partial charge in [-0.2, -0.15) is 0 Å². The SMILES string of the molecule is N=C(c1cccc(OCCN2CCOCC2)c1)n1cc(Br)ccc1=N. The molecule has 0 amide bonds. The highest BCUT2D eigenvalue weighted by atomic mass is 79.9. The van der Waals surface area contributed by atoms with Crippen molar-refractivity contribution in [2.24, 2.45) is 0 Å². The van der Waals surface area contributed by atoms with Crippen molar-refractivity contribution < 1.29 is 9.47 Å². The van der Waals surface area contributed by atoms with E-state index in [1.165, 1.54) is 4.57 Å². The van der Waals surface area contributed by atoms with Crippen LogP contribution in [0, 0.1) is 10.8 Å². The Labute approximate surface area is 155 Å². The summed E-state index contributed by atoms with van der Waals surface area (Å²) in [4.78, 5) is 2.32. The Hall–Kier alpha value is -1.96. The van der Waals surface area contributed by atoms with Crippen LogP contribution in [0.2, 0.25) is 0 Å². The summed E-state index contributed by atoms with van der Waals surface area (Å²) in [6.07, 6.45) is 1.72. The van der Waals surface area contributed by atoms with E-state index in [2.05, 4.69) is 20.8 Å². The van der Waals surface area contributed by atoms with Crippen LogP contribution in [0.15, 0.2) is 47.1 Å². The molecule has 1 aliphatic rings. The largest absolute Gasteiger partial charge is 0.492 e. The van der Waals surface area contributed by atoms with E-state index in [4.69, 9.17) is 20.3 Å². The molecule has 6 nitrogen and oxygen atoms in total. The van der Waals surface area contributed by atoms with Crippen LogP contribution >= 0.6 is 15.9 Å². The predicted octanol–water partition coefficient (Wildman–Crippen LogP) is 2.31. The monoisotopic (exact) mass is 404 g/mol. The Bertz CT molecular complexity index is 800. The predicted molar refractivity (Wildman–Crippen MR) is 99.4 cm³/mol. The minimum atomic E-state index is 0.241. The third-order valence-corrected chi connectivity index (χ3v) is 4.51. The van der Waals surface area contributed by atoms with Crippen molar-refractivity contribution in [3.8, 4) is 5.75 Å². The fourth-order valence-electron chi connectivity index (χ4n) is 2.65. The molecule has 0 spiro atoms. The minimum absolute atomic E-state index is 0.241. The summed E-state index contributed by atoms with van der Waals surface area (Å²) < 4.78 is 13.5. The minimum Gasteiger partial charge on any atom is -0.492 e. The average Bonchev–Trinajstić information content (AvgIpc) is 2.64. The van der Waals surface area contributed by atoms with Crippen molar-refractivity contribution in [1.29, 1.82) is 10.8 Å². The summed E-state index contributed by atoms with van der Waals surface area (Å²) in [5, 5.41) is 16.4. The quantitative estimate of drug-likeness (QED) is 0.592. The number of ether oxygens (including phenoxy) is 2. The molecule has 25 heavy (non-hydrogen) atoms. The van der Waals surface area contributed by atoms with E-state index in [1.807, 2.05) is 24.3 Å². The Morgan fingerprint density at radius 2 is 2.00 bits per heavy atom. The van der Waals surface area contributed by atoms with Gasteiger partial charge >= 0.3 is 0 Å². The number of pyridine rings is 1. The van der Waals surface area contributed by atoms with Gasteiger partial charge in [-0.15, -0.1) is 0 Å². The molecule has 1 aliphatic heterocycles. The maximum absolute atomic E-state index is 8.39. The second kappa shape index (κ2) is 8.42. The molecular weight excluding hydrogens is 384 g/mol.